The Labute approximate surface area is 154 Å². The summed E-state index contributed by atoms with van der Waals surface area (Å²) in [4.78, 5) is 26.6. The fraction of sp³-hybridized carbons (Fsp3) is 0.412. The average Bonchev–Trinajstić information content (AvgIpc) is 3.12. The monoisotopic (exact) mass is 398 g/mol. The molecule has 10 heteroatoms. The van der Waals surface area contributed by atoms with E-state index in [4.69, 9.17) is 8.92 Å². The van der Waals surface area contributed by atoms with Gasteiger partial charge in [0.05, 0.1) is 10.6 Å². The lowest BCUT2D eigenvalue weighted by Crippen LogP contribution is -2.41. The lowest BCUT2D eigenvalue weighted by molar-refractivity contribution is 0.0485. The second kappa shape index (κ2) is 7.37. The van der Waals surface area contributed by atoms with Crippen LogP contribution in [0.1, 0.15) is 43.4 Å². The maximum Gasteiger partial charge on any atom is 0.330 e. The van der Waals surface area contributed by atoms with Crippen LogP contribution >= 0.6 is 0 Å². The molecule has 1 aliphatic rings. The van der Waals surface area contributed by atoms with Crippen molar-refractivity contribution in [2.45, 2.75) is 43.9 Å². The topological polar surface area (TPSA) is 107 Å². The van der Waals surface area contributed by atoms with Crippen LogP contribution < -0.4 is 11.2 Å². The summed E-state index contributed by atoms with van der Waals surface area (Å²) in [7, 11) is -4.21. The Balaban J connectivity index is 1.93. The number of halogens is 1. The molecule has 146 valence electrons. The summed E-state index contributed by atoms with van der Waals surface area (Å²) in [5.41, 5.74) is -1.74. The van der Waals surface area contributed by atoms with E-state index in [9.17, 15) is 22.4 Å². The number of aryl methyl sites for hydroxylation is 1. The van der Waals surface area contributed by atoms with Crippen LogP contribution in [0.5, 0.6) is 0 Å². The first-order valence-electron chi connectivity index (χ1n) is 8.36. The van der Waals surface area contributed by atoms with Gasteiger partial charge in [0.15, 0.2) is 0 Å². The van der Waals surface area contributed by atoms with Crippen molar-refractivity contribution in [3.63, 3.8) is 0 Å². The van der Waals surface area contributed by atoms with Crippen molar-refractivity contribution in [1.82, 2.24) is 9.55 Å². The molecule has 1 aromatic carbocycles. The fourth-order valence-electron chi connectivity index (χ4n) is 2.85. The van der Waals surface area contributed by atoms with Gasteiger partial charge in [0.2, 0.25) is 5.82 Å². The number of hydrogen-bond donors (Lipinski definition) is 1. The van der Waals surface area contributed by atoms with Crippen molar-refractivity contribution < 1.29 is 21.7 Å². The maximum absolute atomic E-state index is 14.5. The van der Waals surface area contributed by atoms with E-state index < -0.39 is 45.2 Å². The van der Waals surface area contributed by atoms with Gasteiger partial charge in [-0.15, -0.1) is 0 Å². The fourth-order valence-corrected chi connectivity index (χ4v) is 3.90. The Morgan fingerprint density at radius 1 is 1.30 bits per heavy atom. The van der Waals surface area contributed by atoms with E-state index in [1.54, 1.807) is 19.1 Å². The van der Waals surface area contributed by atoms with Crippen LogP contribution in [0.15, 0.2) is 38.8 Å². The summed E-state index contributed by atoms with van der Waals surface area (Å²) in [6.45, 7) is 3.40. The molecule has 1 N–H and O–H groups in total. The summed E-state index contributed by atoms with van der Waals surface area (Å²) < 4.78 is 50.1. The lowest BCUT2D eigenvalue weighted by Gasteiger charge is -2.17. The Kier molecular flexibility index (Phi) is 5.31. The van der Waals surface area contributed by atoms with Gasteiger partial charge < -0.3 is 9.72 Å². The molecule has 1 saturated heterocycles. The molecule has 0 saturated carbocycles. The third-order valence-electron chi connectivity index (χ3n) is 4.28. The smallest absolute Gasteiger partial charge is 0.330 e. The van der Waals surface area contributed by atoms with E-state index in [-0.39, 0.29) is 4.90 Å². The van der Waals surface area contributed by atoms with Gasteiger partial charge in [0.25, 0.3) is 15.7 Å². The number of aromatic nitrogens is 2. The predicted octanol–water partition coefficient (Wildman–Crippen LogP) is 1.76. The van der Waals surface area contributed by atoms with E-state index in [0.717, 1.165) is 5.56 Å². The number of nitrogens with zero attached hydrogens (tertiary/aromatic N) is 1. The highest BCUT2D eigenvalue weighted by molar-refractivity contribution is 7.86. The largest absolute Gasteiger partial charge is 0.358 e. The van der Waals surface area contributed by atoms with Crippen molar-refractivity contribution in [1.29, 1.82) is 0 Å². The van der Waals surface area contributed by atoms with Crippen molar-refractivity contribution in [3.05, 3.63) is 62.2 Å². The summed E-state index contributed by atoms with van der Waals surface area (Å²) >= 11 is 0. The van der Waals surface area contributed by atoms with Crippen LogP contribution in [-0.4, -0.2) is 24.6 Å². The Morgan fingerprint density at radius 2 is 1.96 bits per heavy atom. The molecule has 2 atom stereocenters. The molecule has 1 aromatic heterocycles. The Bertz CT molecular complexity index is 1050. The summed E-state index contributed by atoms with van der Waals surface area (Å²) in [6.07, 6.45) is -1.18. The van der Waals surface area contributed by atoms with Crippen molar-refractivity contribution >= 4 is 10.1 Å². The first kappa shape index (κ1) is 19.5. The third-order valence-corrected chi connectivity index (χ3v) is 5.68. The van der Waals surface area contributed by atoms with Gasteiger partial charge in [-0.3, -0.25) is 8.98 Å². The van der Waals surface area contributed by atoms with E-state index in [0.29, 0.717) is 24.0 Å². The second-order valence-corrected chi connectivity index (χ2v) is 7.88. The molecule has 1 aliphatic heterocycles. The van der Waals surface area contributed by atoms with Crippen LogP contribution in [0.4, 0.5) is 4.39 Å². The van der Waals surface area contributed by atoms with Crippen molar-refractivity contribution in [2.75, 3.05) is 6.61 Å². The van der Waals surface area contributed by atoms with Gasteiger partial charge in [-0.1, -0.05) is 17.7 Å². The third kappa shape index (κ3) is 3.87. The van der Waals surface area contributed by atoms with Crippen LogP contribution in [0, 0.1) is 12.7 Å². The van der Waals surface area contributed by atoms with Gasteiger partial charge in [-0.2, -0.15) is 12.8 Å². The zero-order valence-corrected chi connectivity index (χ0v) is 15.6. The molecule has 0 aliphatic carbocycles. The molecule has 0 amide bonds. The molecule has 0 spiro atoms. The van der Waals surface area contributed by atoms with Crippen LogP contribution in [0.3, 0.4) is 0 Å². The second-order valence-electron chi connectivity index (χ2n) is 6.31. The molecule has 0 radical (unpaired) electrons. The van der Waals surface area contributed by atoms with E-state index in [1.807, 2.05) is 0 Å². The first-order valence-corrected chi connectivity index (χ1v) is 9.77. The number of aromatic amines is 1. The van der Waals surface area contributed by atoms with Crippen LogP contribution in [0.25, 0.3) is 0 Å². The van der Waals surface area contributed by atoms with Crippen LogP contribution in [0.2, 0.25) is 0 Å². The SMILES string of the molecule is Cc1ccc(S(=O)(=O)OC(C)c2[nH]c(=O)n(C3CCCO3)c(=O)c2F)cc1. The molecule has 2 heterocycles. The molecular formula is C17H19FN2O6S. The number of H-pyrrole nitrogens is 1. The van der Waals surface area contributed by atoms with Gasteiger partial charge in [-0.25, -0.2) is 9.36 Å². The number of benzene rings is 1. The summed E-state index contributed by atoms with van der Waals surface area (Å²) in [5, 5.41) is 0. The number of nitrogens with one attached hydrogen (secondary N) is 1. The zero-order valence-electron chi connectivity index (χ0n) is 14.8. The molecular weight excluding hydrogens is 379 g/mol. The standard InChI is InChI=1S/C17H19FN2O6S/c1-10-5-7-12(8-6-10)27(23,24)26-11(2)15-14(18)16(21)20(17(22)19-15)13-4-3-9-25-13/h5-8,11,13H,3-4,9H2,1-2H3,(H,19,22). The van der Waals surface area contributed by atoms with E-state index >= 15 is 0 Å². The highest BCUT2D eigenvalue weighted by Crippen LogP contribution is 2.24. The number of rotatable bonds is 5. The minimum atomic E-state index is -4.21. The average molecular weight is 398 g/mol. The normalized spacial score (nSPS) is 18.6. The van der Waals surface area contributed by atoms with E-state index in [2.05, 4.69) is 4.98 Å². The van der Waals surface area contributed by atoms with Crippen molar-refractivity contribution in [3.8, 4) is 0 Å². The Morgan fingerprint density at radius 3 is 2.56 bits per heavy atom. The minimum absolute atomic E-state index is 0.115. The van der Waals surface area contributed by atoms with Gasteiger partial charge >= 0.3 is 5.69 Å². The molecule has 0 bridgehead atoms. The number of ether oxygens (including phenoxy) is 1. The molecule has 2 aromatic rings. The maximum atomic E-state index is 14.5. The van der Waals surface area contributed by atoms with Gasteiger partial charge in [0.1, 0.15) is 12.3 Å². The highest BCUT2D eigenvalue weighted by atomic mass is 32.2. The molecule has 3 rings (SSSR count). The first-order chi connectivity index (χ1) is 12.7. The summed E-state index contributed by atoms with van der Waals surface area (Å²) in [6, 6.07) is 5.89. The van der Waals surface area contributed by atoms with Crippen LogP contribution in [-0.2, 0) is 19.0 Å². The zero-order chi connectivity index (χ0) is 19.8. The van der Waals surface area contributed by atoms with Crippen molar-refractivity contribution in [2.24, 2.45) is 0 Å². The molecule has 27 heavy (non-hydrogen) atoms. The number of hydrogen-bond acceptors (Lipinski definition) is 6. The lowest BCUT2D eigenvalue weighted by atomic mass is 10.2. The van der Waals surface area contributed by atoms with Gasteiger partial charge in [0, 0.05) is 6.61 Å². The molecule has 1 fully saturated rings. The van der Waals surface area contributed by atoms with Gasteiger partial charge in [-0.05, 0) is 38.8 Å². The summed E-state index contributed by atoms with van der Waals surface area (Å²) in [5.74, 6) is -1.28. The Hall–Kier alpha value is -2.30. The predicted molar refractivity (Wildman–Crippen MR) is 93.4 cm³/mol. The molecule has 8 nitrogen and oxygen atoms in total. The van der Waals surface area contributed by atoms with E-state index in [1.165, 1.54) is 19.1 Å². The quantitative estimate of drug-likeness (QED) is 0.769. The molecule has 2 unspecified atom stereocenters. The minimum Gasteiger partial charge on any atom is -0.358 e. The highest BCUT2D eigenvalue weighted by Gasteiger charge is 2.28.